The van der Waals surface area contributed by atoms with E-state index in [0.29, 0.717) is 11.6 Å². The number of fused-ring (bicyclic) bond motifs is 1. The van der Waals surface area contributed by atoms with Gasteiger partial charge in [0.2, 0.25) is 5.43 Å². The molecule has 0 bridgehead atoms. The number of rotatable bonds is 3. The summed E-state index contributed by atoms with van der Waals surface area (Å²) in [5.74, 6) is -1.00. The Kier molecular flexibility index (Phi) is 5.98. The number of hydrogen-bond donors (Lipinski definition) is 3. The number of para-hydroxylation sites is 1. The van der Waals surface area contributed by atoms with Crippen LogP contribution in [0.1, 0.15) is 36.7 Å². The molecule has 0 saturated carbocycles. The second kappa shape index (κ2) is 8.37. The molecular formula is C22H20F3N3O4. The minimum atomic E-state index is -4.84. The van der Waals surface area contributed by atoms with E-state index in [1.54, 1.807) is 39.0 Å². The highest BCUT2D eigenvalue weighted by molar-refractivity contribution is 6.06. The summed E-state index contributed by atoms with van der Waals surface area (Å²) < 4.78 is 45.9. The van der Waals surface area contributed by atoms with Crippen LogP contribution in [0.5, 0.6) is 0 Å². The van der Waals surface area contributed by atoms with E-state index >= 15 is 0 Å². The maximum atomic E-state index is 13.6. The summed E-state index contributed by atoms with van der Waals surface area (Å²) in [5.41, 5.74) is -3.24. The van der Waals surface area contributed by atoms with Gasteiger partial charge in [-0.05, 0) is 51.1 Å². The average Bonchev–Trinajstić information content (AvgIpc) is 2.67. The summed E-state index contributed by atoms with van der Waals surface area (Å²) in [7, 11) is 0. The van der Waals surface area contributed by atoms with Gasteiger partial charge in [0.25, 0.3) is 5.91 Å². The normalized spacial score (nSPS) is 11.8. The van der Waals surface area contributed by atoms with Crippen LogP contribution in [0.3, 0.4) is 0 Å². The first-order valence-corrected chi connectivity index (χ1v) is 9.48. The maximum absolute atomic E-state index is 13.6. The number of aromatic amines is 1. The van der Waals surface area contributed by atoms with Gasteiger partial charge in [0.1, 0.15) is 11.2 Å². The van der Waals surface area contributed by atoms with E-state index in [1.807, 2.05) is 0 Å². The second-order valence-corrected chi connectivity index (χ2v) is 7.92. The minimum absolute atomic E-state index is 0.173. The van der Waals surface area contributed by atoms with Crippen molar-refractivity contribution in [1.29, 1.82) is 0 Å². The van der Waals surface area contributed by atoms with Crippen molar-refractivity contribution in [3.05, 3.63) is 70.0 Å². The molecule has 168 valence electrons. The number of amides is 2. The second-order valence-electron chi connectivity index (χ2n) is 7.92. The van der Waals surface area contributed by atoms with Crippen molar-refractivity contribution in [2.75, 3.05) is 10.6 Å². The molecule has 0 aliphatic carbocycles. The predicted molar refractivity (Wildman–Crippen MR) is 114 cm³/mol. The van der Waals surface area contributed by atoms with Gasteiger partial charge in [0.05, 0.1) is 11.3 Å². The summed E-state index contributed by atoms with van der Waals surface area (Å²) in [6.45, 7) is 4.84. The van der Waals surface area contributed by atoms with Crippen LogP contribution < -0.4 is 16.1 Å². The predicted octanol–water partition coefficient (Wildman–Crippen LogP) is 5.15. The van der Waals surface area contributed by atoms with E-state index in [4.69, 9.17) is 4.74 Å². The molecule has 0 saturated heterocycles. The van der Waals surface area contributed by atoms with Crippen LogP contribution in [0, 0.1) is 0 Å². The summed E-state index contributed by atoms with van der Waals surface area (Å²) in [4.78, 5) is 39.8. The van der Waals surface area contributed by atoms with Gasteiger partial charge in [-0.3, -0.25) is 14.9 Å². The van der Waals surface area contributed by atoms with Crippen molar-refractivity contribution in [3.8, 4) is 0 Å². The van der Waals surface area contributed by atoms with Crippen molar-refractivity contribution in [3.63, 3.8) is 0 Å². The third kappa shape index (κ3) is 5.26. The number of ether oxygens (including phenoxy) is 1. The Labute approximate surface area is 180 Å². The molecule has 0 spiro atoms. The van der Waals surface area contributed by atoms with Crippen molar-refractivity contribution >= 4 is 34.3 Å². The van der Waals surface area contributed by atoms with Gasteiger partial charge in [-0.2, -0.15) is 13.2 Å². The van der Waals surface area contributed by atoms with E-state index < -0.39 is 40.5 Å². The third-order valence-electron chi connectivity index (χ3n) is 4.25. The lowest BCUT2D eigenvalue weighted by Gasteiger charge is -2.20. The molecule has 3 rings (SSSR count). The standard InChI is InChI=1S/C22H20F3N3O4/c1-21(2,3)32-20(31)27-12-8-9-17(15(10-12)22(23,24)25)28-19(30)14-11-26-16-7-5-4-6-13(16)18(14)29/h4-11H,1-3H3,(H,26,29)(H,27,31)(H,28,30). The Morgan fingerprint density at radius 2 is 1.69 bits per heavy atom. The largest absolute Gasteiger partial charge is 0.444 e. The average molecular weight is 447 g/mol. The molecule has 0 unspecified atom stereocenters. The van der Waals surface area contributed by atoms with Crippen LogP contribution in [0.15, 0.2) is 53.5 Å². The fraction of sp³-hybridized carbons (Fsp3) is 0.227. The number of benzene rings is 2. The summed E-state index contributed by atoms with van der Waals surface area (Å²) in [6, 6.07) is 9.28. The zero-order valence-corrected chi connectivity index (χ0v) is 17.4. The van der Waals surface area contributed by atoms with Gasteiger partial charge in [0, 0.05) is 22.8 Å². The molecule has 10 heteroatoms. The first-order chi connectivity index (χ1) is 14.8. The number of carbonyl (C=O) groups excluding carboxylic acids is 2. The lowest BCUT2D eigenvalue weighted by atomic mass is 10.1. The highest BCUT2D eigenvalue weighted by atomic mass is 19.4. The quantitative estimate of drug-likeness (QED) is 0.517. The number of H-pyrrole nitrogens is 1. The van der Waals surface area contributed by atoms with Crippen molar-refractivity contribution in [2.24, 2.45) is 0 Å². The molecular weight excluding hydrogens is 427 g/mol. The van der Waals surface area contributed by atoms with E-state index in [9.17, 15) is 27.6 Å². The third-order valence-corrected chi connectivity index (χ3v) is 4.25. The van der Waals surface area contributed by atoms with Gasteiger partial charge in [0.15, 0.2) is 0 Å². The number of nitrogens with one attached hydrogen (secondary N) is 3. The molecule has 0 radical (unpaired) electrons. The first-order valence-electron chi connectivity index (χ1n) is 9.48. The highest BCUT2D eigenvalue weighted by Gasteiger charge is 2.35. The molecule has 0 fully saturated rings. The Morgan fingerprint density at radius 1 is 1.00 bits per heavy atom. The molecule has 0 aliphatic rings. The van der Waals surface area contributed by atoms with Crippen LogP contribution in [-0.2, 0) is 10.9 Å². The van der Waals surface area contributed by atoms with Gasteiger partial charge >= 0.3 is 12.3 Å². The number of carbonyl (C=O) groups is 2. The lowest BCUT2D eigenvalue weighted by molar-refractivity contribution is -0.136. The Hall–Kier alpha value is -3.82. The number of hydrogen-bond acceptors (Lipinski definition) is 4. The number of alkyl halides is 3. The van der Waals surface area contributed by atoms with Crippen LogP contribution in [0.4, 0.5) is 29.3 Å². The molecule has 3 aromatic rings. The van der Waals surface area contributed by atoms with Gasteiger partial charge < -0.3 is 15.0 Å². The molecule has 7 nitrogen and oxygen atoms in total. The summed E-state index contributed by atoms with van der Waals surface area (Å²) in [6.07, 6.45) is -4.62. The topological polar surface area (TPSA) is 100 Å². The Balaban J connectivity index is 1.91. The van der Waals surface area contributed by atoms with Crippen LogP contribution in [0.2, 0.25) is 0 Å². The fourth-order valence-electron chi connectivity index (χ4n) is 2.91. The molecule has 32 heavy (non-hydrogen) atoms. The van der Waals surface area contributed by atoms with Crippen molar-refractivity contribution in [1.82, 2.24) is 4.98 Å². The monoisotopic (exact) mass is 447 g/mol. The molecule has 3 N–H and O–H groups in total. The van der Waals surface area contributed by atoms with E-state index in [2.05, 4.69) is 15.6 Å². The smallest absolute Gasteiger partial charge is 0.418 e. The van der Waals surface area contributed by atoms with Gasteiger partial charge in [-0.1, -0.05) is 12.1 Å². The molecule has 2 amide bonds. The van der Waals surface area contributed by atoms with E-state index in [-0.39, 0.29) is 16.6 Å². The molecule has 2 aromatic carbocycles. The first kappa shape index (κ1) is 22.9. The number of anilines is 2. The summed E-state index contributed by atoms with van der Waals surface area (Å²) >= 11 is 0. The lowest BCUT2D eigenvalue weighted by Crippen LogP contribution is -2.27. The van der Waals surface area contributed by atoms with Crippen molar-refractivity contribution < 1.29 is 27.5 Å². The Morgan fingerprint density at radius 3 is 2.34 bits per heavy atom. The van der Waals surface area contributed by atoms with E-state index in [0.717, 1.165) is 12.3 Å². The molecule has 0 aliphatic heterocycles. The van der Waals surface area contributed by atoms with Crippen LogP contribution in [-0.4, -0.2) is 22.6 Å². The van der Waals surface area contributed by atoms with Crippen LogP contribution >= 0.6 is 0 Å². The molecule has 1 aromatic heterocycles. The van der Waals surface area contributed by atoms with E-state index in [1.165, 1.54) is 12.1 Å². The molecule has 0 atom stereocenters. The summed E-state index contributed by atoms with van der Waals surface area (Å²) in [5, 5.41) is 4.59. The SMILES string of the molecule is CC(C)(C)OC(=O)Nc1ccc(NC(=O)c2c[nH]c3ccccc3c2=O)c(C(F)(F)F)c1. The maximum Gasteiger partial charge on any atom is 0.418 e. The number of aromatic nitrogens is 1. The fourth-order valence-corrected chi connectivity index (χ4v) is 2.91. The van der Waals surface area contributed by atoms with Gasteiger partial charge in [-0.25, -0.2) is 4.79 Å². The number of pyridine rings is 1. The van der Waals surface area contributed by atoms with Gasteiger partial charge in [-0.15, -0.1) is 0 Å². The zero-order valence-electron chi connectivity index (χ0n) is 17.4. The van der Waals surface area contributed by atoms with Crippen molar-refractivity contribution in [2.45, 2.75) is 32.5 Å². The minimum Gasteiger partial charge on any atom is -0.444 e. The number of halogens is 3. The highest BCUT2D eigenvalue weighted by Crippen LogP contribution is 2.37. The zero-order chi connectivity index (χ0) is 23.7. The molecule has 1 heterocycles. The Bertz CT molecular complexity index is 1240. The van der Waals surface area contributed by atoms with Crippen LogP contribution in [0.25, 0.3) is 10.9 Å².